The van der Waals surface area contributed by atoms with Gasteiger partial charge in [-0.25, -0.2) is 9.78 Å². The lowest BCUT2D eigenvalue weighted by atomic mass is 10.0. The summed E-state index contributed by atoms with van der Waals surface area (Å²) in [6.07, 6.45) is 4.36. The van der Waals surface area contributed by atoms with Crippen molar-refractivity contribution in [1.82, 2.24) is 14.9 Å². The summed E-state index contributed by atoms with van der Waals surface area (Å²) in [5.74, 6) is 0.366. The fourth-order valence-corrected chi connectivity index (χ4v) is 3.91. The third-order valence-corrected chi connectivity index (χ3v) is 5.20. The van der Waals surface area contributed by atoms with Crippen LogP contribution < -0.4 is 5.32 Å². The quantitative estimate of drug-likeness (QED) is 0.547. The van der Waals surface area contributed by atoms with Crippen molar-refractivity contribution in [2.75, 3.05) is 11.9 Å². The van der Waals surface area contributed by atoms with E-state index in [4.69, 9.17) is 0 Å². The molecule has 0 aliphatic heterocycles. The van der Waals surface area contributed by atoms with E-state index in [0.29, 0.717) is 17.6 Å². The minimum Gasteiger partial charge on any atom is -0.317 e. The number of carbonyl (C=O) groups is 1. The van der Waals surface area contributed by atoms with E-state index in [1.807, 2.05) is 40.6 Å². The Morgan fingerprint density at radius 1 is 1.18 bits per heavy atom. The summed E-state index contributed by atoms with van der Waals surface area (Å²) in [6.45, 7) is 7.05. The lowest BCUT2D eigenvalue weighted by molar-refractivity contribution is 0.176. The predicted molar refractivity (Wildman–Crippen MR) is 115 cm³/mol. The fourth-order valence-electron chi connectivity index (χ4n) is 3.20. The first kappa shape index (κ1) is 20.0. The summed E-state index contributed by atoms with van der Waals surface area (Å²) in [5, 5.41) is 5.53. The Kier molecular flexibility index (Phi) is 6.76. The highest BCUT2D eigenvalue weighted by Crippen LogP contribution is 2.28. The van der Waals surface area contributed by atoms with Crippen LogP contribution in [0, 0.1) is 5.92 Å². The third-order valence-electron chi connectivity index (χ3n) is 4.45. The van der Waals surface area contributed by atoms with Crippen molar-refractivity contribution in [3.63, 3.8) is 0 Å². The lowest BCUT2D eigenvalue weighted by Crippen LogP contribution is -2.40. The zero-order valence-electron chi connectivity index (χ0n) is 16.5. The maximum Gasteiger partial charge on any atom is 0.324 e. The minimum absolute atomic E-state index is 0.0290. The Bertz CT molecular complexity index is 880. The SMILES string of the molecule is CC[C@H](c1ccccc1)N(CC(C)C)C(=O)Nc1nc(-c2cccnc2)cs1. The summed E-state index contributed by atoms with van der Waals surface area (Å²) in [5.41, 5.74) is 2.91. The van der Waals surface area contributed by atoms with Crippen LogP contribution in [0.5, 0.6) is 0 Å². The van der Waals surface area contributed by atoms with Crippen LogP contribution in [0.2, 0.25) is 0 Å². The Labute approximate surface area is 170 Å². The van der Waals surface area contributed by atoms with Crippen LogP contribution in [-0.4, -0.2) is 27.4 Å². The van der Waals surface area contributed by atoms with Gasteiger partial charge in [0, 0.05) is 29.9 Å². The number of nitrogens with zero attached hydrogens (tertiary/aromatic N) is 3. The molecular formula is C22H26N4OS. The molecule has 146 valence electrons. The first-order valence-electron chi connectivity index (χ1n) is 9.57. The van der Waals surface area contributed by atoms with Crippen molar-refractivity contribution < 1.29 is 4.79 Å². The molecule has 0 aliphatic rings. The number of pyridine rings is 1. The van der Waals surface area contributed by atoms with Gasteiger partial charge in [-0.3, -0.25) is 10.3 Å². The van der Waals surface area contributed by atoms with Crippen LogP contribution in [0.25, 0.3) is 11.3 Å². The zero-order valence-corrected chi connectivity index (χ0v) is 17.3. The van der Waals surface area contributed by atoms with Crippen LogP contribution in [0.3, 0.4) is 0 Å². The highest BCUT2D eigenvalue weighted by molar-refractivity contribution is 7.14. The maximum absolute atomic E-state index is 13.1. The Hall–Kier alpha value is -2.73. The van der Waals surface area contributed by atoms with Crippen LogP contribution in [0.1, 0.15) is 38.8 Å². The van der Waals surface area contributed by atoms with E-state index < -0.39 is 0 Å². The molecule has 2 heterocycles. The molecule has 0 fully saturated rings. The van der Waals surface area contributed by atoms with Gasteiger partial charge >= 0.3 is 6.03 Å². The van der Waals surface area contributed by atoms with Gasteiger partial charge in [0.2, 0.25) is 0 Å². The molecule has 0 spiro atoms. The number of carbonyl (C=O) groups excluding carboxylic acids is 1. The third kappa shape index (κ3) is 4.95. The van der Waals surface area contributed by atoms with E-state index >= 15 is 0 Å². The van der Waals surface area contributed by atoms with E-state index in [1.165, 1.54) is 11.3 Å². The summed E-state index contributed by atoms with van der Waals surface area (Å²) < 4.78 is 0. The molecule has 0 unspecified atom stereocenters. The second-order valence-corrected chi connectivity index (χ2v) is 7.95. The van der Waals surface area contributed by atoms with E-state index in [1.54, 1.807) is 12.4 Å². The topological polar surface area (TPSA) is 58.1 Å². The van der Waals surface area contributed by atoms with Crippen LogP contribution in [0.15, 0.2) is 60.2 Å². The molecule has 1 aromatic carbocycles. The molecule has 0 radical (unpaired) electrons. The normalized spacial score (nSPS) is 12.0. The smallest absolute Gasteiger partial charge is 0.317 e. The molecule has 1 atom stereocenters. The monoisotopic (exact) mass is 394 g/mol. The molecule has 0 bridgehead atoms. The summed E-state index contributed by atoms with van der Waals surface area (Å²) in [4.78, 5) is 23.7. The average Bonchev–Trinajstić information content (AvgIpc) is 3.17. The molecule has 3 rings (SSSR count). The molecule has 28 heavy (non-hydrogen) atoms. The Balaban J connectivity index is 1.79. The number of benzene rings is 1. The number of aromatic nitrogens is 2. The van der Waals surface area contributed by atoms with Gasteiger partial charge < -0.3 is 4.90 Å². The number of nitrogens with one attached hydrogen (secondary N) is 1. The molecule has 0 aliphatic carbocycles. The summed E-state index contributed by atoms with van der Waals surface area (Å²) in [6, 6.07) is 14.0. The Morgan fingerprint density at radius 3 is 2.61 bits per heavy atom. The van der Waals surface area contributed by atoms with Gasteiger partial charge in [-0.1, -0.05) is 51.1 Å². The van der Waals surface area contributed by atoms with Crippen molar-refractivity contribution in [2.45, 2.75) is 33.2 Å². The minimum atomic E-state index is -0.114. The molecular weight excluding hydrogens is 368 g/mol. The number of rotatable bonds is 7. The van der Waals surface area contributed by atoms with Crippen LogP contribution in [-0.2, 0) is 0 Å². The first-order chi connectivity index (χ1) is 13.6. The molecule has 1 N–H and O–H groups in total. The standard InChI is InChI=1S/C22H26N4OS/c1-4-20(17-9-6-5-7-10-17)26(14-16(2)3)22(27)25-21-24-19(15-28-21)18-11-8-12-23-13-18/h5-13,15-16,20H,4,14H2,1-3H3,(H,24,25,27)/t20-/m1/s1. The molecule has 2 aromatic heterocycles. The number of thiazole rings is 1. The second-order valence-electron chi connectivity index (χ2n) is 7.09. The molecule has 3 aromatic rings. The number of hydrogen-bond donors (Lipinski definition) is 1. The molecule has 6 heteroatoms. The van der Waals surface area contributed by atoms with E-state index in [2.05, 4.69) is 48.2 Å². The number of hydrogen-bond acceptors (Lipinski definition) is 4. The largest absolute Gasteiger partial charge is 0.324 e. The van der Waals surface area contributed by atoms with Gasteiger partial charge in [0.25, 0.3) is 0 Å². The number of amides is 2. The number of urea groups is 1. The molecule has 0 saturated heterocycles. The van der Waals surface area contributed by atoms with Crippen molar-refractivity contribution in [1.29, 1.82) is 0 Å². The van der Waals surface area contributed by atoms with Crippen molar-refractivity contribution >= 4 is 22.5 Å². The molecule has 2 amide bonds. The fraction of sp³-hybridized carbons (Fsp3) is 0.318. The van der Waals surface area contributed by atoms with Gasteiger partial charge in [0.15, 0.2) is 5.13 Å². The Morgan fingerprint density at radius 2 is 1.96 bits per heavy atom. The maximum atomic E-state index is 13.1. The molecule has 5 nitrogen and oxygen atoms in total. The average molecular weight is 395 g/mol. The van der Waals surface area contributed by atoms with Crippen molar-refractivity contribution in [3.05, 3.63) is 65.8 Å². The molecule has 0 saturated carbocycles. The highest BCUT2D eigenvalue weighted by atomic mass is 32.1. The van der Waals surface area contributed by atoms with E-state index in [-0.39, 0.29) is 12.1 Å². The van der Waals surface area contributed by atoms with Crippen LogP contribution >= 0.6 is 11.3 Å². The van der Waals surface area contributed by atoms with Gasteiger partial charge in [-0.15, -0.1) is 11.3 Å². The van der Waals surface area contributed by atoms with Gasteiger partial charge in [0.1, 0.15) is 0 Å². The van der Waals surface area contributed by atoms with E-state index in [0.717, 1.165) is 23.2 Å². The first-order valence-corrected chi connectivity index (χ1v) is 10.4. The lowest BCUT2D eigenvalue weighted by Gasteiger charge is -2.32. The van der Waals surface area contributed by atoms with E-state index in [9.17, 15) is 4.79 Å². The van der Waals surface area contributed by atoms with Crippen molar-refractivity contribution in [3.8, 4) is 11.3 Å². The summed E-state index contributed by atoms with van der Waals surface area (Å²) in [7, 11) is 0. The highest BCUT2D eigenvalue weighted by Gasteiger charge is 2.25. The van der Waals surface area contributed by atoms with Gasteiger partial charge in [-0.05, 0) is 30.0 Å². The predicted octanol–water partition coefficient (Wildman–Crippen LogP) is 5.85. The second kappa shape index (κ2) is 9.46. The van der Waals surface area contributed by atoms with Gasteiger partial charge in [0.05, 0.1) is 11.7 Å². The van der Waals surface area contributed by atoms with Crippen LogP contribution in [0.4, 0.5) is 9.93 Å². The zero-order chi connectivity index (χ0) is 19.9. The summed E-state index contributed by atoms with van der Waals surface area (Å²) >= 11 is 1.43. The van der Waals surface area contributed by atoms with Crippen molar-refractivity contribution in [2.24, 2.45) is 5.92 Å². The number of anilines is 1. The van der Waals surface area contributed by atoms with Gasteiger partial charge in [-0.2, -0.15) is 0 Å².